The fourth-order valence-corrected chi connectivity index (χ4v) is 2.22. The van der Waals surface area contributed by atoms with Crippen molar-refractivity contribution in [1.82, 2.24) is 4.90 Å². The topological polar surface area (TPSA) is 23.5 Å². The van der Waals surface area contributed by atoms with Crippen LogP contribution in [0.1, 0.15) is 39.5 Å². The summed E-state index contributed by atoms with van der Waals surface area (Å²) in [5.74, 6) is 0. The molecular weight excluding hydrogens is 150 g/mol. The molecule has 0 bridgehead atoms. The van der Waals surface area contributed by atoms with Gasteiger partial charge in [0.15, 0.2) is 0 Å². The van der Waals surface area contributed by atoms with Gasteiger partial charge in [-0.25, -0.2) is 0 Å². The van der Waals surface area contributed by atoms with Crippen molar-refractivity contribution in [3.63, 3.8) is 0 Å². The summed E-state index contributed by atoms with van der Waals surface area (Å²) >= 11 is 0. The Kier molecular flexibility index (Phi) is 4.02. The average molecular weight is 171 g/mol. The van der Waals surface area contributed by atoms with Gasteiger partial charge in [-0.2, -0.15) is 0 Å². The summed E-state index contributed by atoms with van der Waals surface area (Å²) in [5.41, 5.74) is 0. The lowest BCUT2D eigenvalue weighted by Gasteiger charge is -2.29. The predicted octanol–water partition coefficient (Wildman–Crippen LogP) is 1.63. The molecule has 1 aliphatic heterocycles. The third-order valence-electron chi connectivity index (χ3n) is 2.91. The summed E-state index contributed by atoms with van der Waals surface area (Å²) in [5, 5.41) is 9.11. The first-order chi connectivity index (χ1) is 5.79. The molecule has 1 unspecified atom stereocenters. The van der Waals surface area contributed by atoms with E-state index in [0.717, 1.165) is 0 Å². The average Bonchev–Trinajstić information content (AvgIpc) is 2.51. The van der Waals surface area contributed by atoms with Gasteiger partial charge in [0, 0.05) is 12.1 Å². The molecule has 0 aromatic carbocycles. The standard InChI is InChI=1S/C10H21NO/c1-3-5-9(2)11-7-4-6-10(11)8-12/h9-10,12H,3-8H2,1-2H3/t9?,10-/m0/s1. The maximum Gasteiger partial charge on any atom is 0.0586 e. The zero-order valence-electron chi connectivity index (χ0n) is 8.29. The fraction of sp³-hybridized carbons (Fsp3) is 1.00. The van der Waals surface area contributed by atoms with Crippen molar-refractivity contribution in [2.45, 2.75) is 51.6 Å². The van der Waals surface area contributed by atoms with Gasteiger partial charge in [-0.1, -0.05) is 13.3 Å². The highest BCUT2D eigenvalue weighted by Gasteiger charge is 2.26. The Balaban J connectivity index is 2.38. The van der Waals surface area contributed by atoms with Crippen LogP contribution >= 0.6 is 0 Å². The summed E-state index contributed by atoms with van der Waals surface area (Å²) < 4.78 is 0. The van der Waals surface area contributed by atoms with Crippen LogP contribution in [0.15, 0.2) is 0 Å². The number of aliphatic hydroxyl groups is 1. The normalized spacial score (nSPS) is 27.8. The summed E-state index contributed by atoms with van der Waals surface area (Å²) in [6, 6.07) is 1.11. The van der Waals surface area contributed by atoms with Gasteiger partial charge in [-0.3, -0.25) is 4.90 Å². The Labute approximate surface area is 75.6 Å². The van der Waals surface area contributed by atoms with Crippen LogP contribution in [0.5, 0.6) is 0 Å². The van der Waals surface area contributed by atoms with Crippen molar-refractivity contribution in [3.8, 4) is 0 Å². The van der Waals surface area contributed by atoms with Crippen molar-refractivity contribution >= 4 is 0 Å². The SMILES string of the molecule is CCCC(C)N1CCC[C@H]1CO. The molecule has 1 rings (SSSR count). The molecule has 1 aliphatic rings. The molecule has 0 aromatic rings. The number of rotatable bonds is 4. The van der Waals surface area contributed by atoms with E-state index in [1.54, 1.807) is 0 Å². The Morgan fingerprint density at radius 1 is 1.58 bits per heavy atom. The van der Waals surface area contributed by atoms with Crippen molar-refractivity contribution in [2.24, 2.45) is 0 Å². The first-order valence-electron chi connectivity index (χ1n) is 5.16. The maximum atomic E-state index is 9.11. The zero-order chi connectivity index (χ0) is 8.97. The smallest absolute Gasteiger partial charge is 0.0586 e. The second-order valence-corrected chi connectivity index (χ2v) is 3.85. The molecule has 0 aliphatic carbocycles. The largest absolute Gasteiger partial charge is 0.395 e. The van der Waals surface area contributed by atoms with Gasteiger partial charge < -0.3 is 5.11 Å². The fourth-order valence-electron chi connectivity index (χ4n) is 2.22. The van der Waals surface area contributed by atoms with Gasteiger partial charge in [-0.05, 0) is 32.7 Å². The van der Waals surface area contributed by atoms with Crippen LogP contribution < -0.4 is 0 Å². The van der Waals surface area contributed by atoms with Gasteiger partial charge >= 0.3 is 0 Å². The number of likely N-dealkylation sites (tertiary alicyclic amines) is 1. The lowest BCUT2D eigenvalue weighted by Crippen LogP contribution is -2.39. The number of nitrogens with zero attached hydrogens (tertiary/aromatic N) is 1. The van der Waals surface area contributed by atoms with E-state index >= 15 is 0 Å². The van der Waals surface area contributed by atoms with Crippen molar-refractivity contribution in [2.75, 3.05) is 13.2 Å². The molecule has 0 amide bonds. The van der Waals surface area contributed by atoms with Crippen molar-refractivity contribution < 1.29 is 5.11 Å². The van der Waals surface area contributed by atoms with Crippen molar-refractivity contribution in [3.05, 3.63) is 0 Å². The van der Waals surface area contributed by atoms with Gasteiger partial charge in [-0.15, -0.1) is 0 Å². The Morgan fingerprint density at radius 2 is 2.33 bits per heavy atom. The number of aliphatic hydroxyl groups excluding tert-OH is 1. The van der Waals surface area contributed by atoms with Crippen molar-refractivity contribution in [1.29, 1.82) is 0 Å². The van der Waals surface area contributed by atoms with Crippen LogP contribution in [0.2, 0.25) is 0 Å². The summed E-state index contributed by atoms with van der Waals surface area (Å²) in [6.45, 7) is 6.03. The lowest BCUT2D eigenvalue weighted by atomic mass is 10.1. The van der Waals surface area contributed by atoms with E-state index in [-0.39, 0.29) is 0 Å². The molecule has 12 heavy (non-hydrogen) atoms. The van der Waals surface area contributed by atoms with Crippen LogP contribution in [0, 0.1) is 0 Å². The molecule has 0 radical (unpaired) electrons. The Morgan fingerprint density at radius 3 is 2.92 bits per heavy atom. The molecule has 1 saturated heterocycles. The highest BCUT2D eigenvalue weighted by atomic mass is 16.3. The second kappa shape index (κ2) is 4.83. The molecule has 2 nitrogen and oxygen atoms in total. The zero-order valence-corrected chi connectivity index (χ0v) is 8.29. The molecule has 0 aromatic heterocycles. The van der Waals surface area contributed by atoms with Crippen LogP contribution in [0.4, 0.5) is 0 Å². The molecule has 2 heteroatoms. The summed E-state index contributed by atoms with van der Waals surface area (Å²) in [4.78, 5) is 2.46. The highest BCUT2D eigenvalue weighted by molar-refractivity contribution is 4.82. The molecule has 1 heterocycles. The number of hydrogen-bond donors (Lipinski definition) is 1. The van der Waals surface area contributed by atoms with Crippen LogP contribution in [-0.4, -0.2) is 35.2 Å². The van der Waals surface area contributed by atoms with E-state index in [0.29, 0.717) is 18.7 Å². The maximum absolute atomic E-state index is 9.11. The molecule has 0 spiro atoms. The number of hydrogen-bond acceptors (Lipinski definition) is 2. The molecular formula is C10H21NO. The summed E-state index contributed by atoms with van der Waals surface area (Å²) in [6.07, 6.45) is 4.95. The quantitative estimate of drug-likeness (QED) is 0.695. The Hall–Kier alpha value is -0.0800. The van der Waals surface area contributed by atoms with Gasteiger partial charge in [0.1, 0.15) is 0 Å². The first kappa shape index (κ1) is 10.0. The molecule has 72 valence electrons. The van der Waals surface area contributed by atoms with Crippen LogP contribution in [-0.2, 0) is 0 Å². The van der Waals surface area contributed by atoms with E-state index in [4.69, 9.17) is 5.11 Å². The van der Waals surface area contributed by atoms with Gasteiger partial charge in [0.25, 0.3) is 0 Å². The highest BCUT2D eigenvalue weighted by Crippen LogP contribution is 2.21. The molecule has 1 N–H and O–H groups in total. The minimum absolute atomic E-state index is 0.341. The second-order valence-electron chi connectivity index (χ2n) is 3.85. The molecule has 0 saturated carbocycles. The van der Waals surface area contributed by atoms with E-state index in [1.807, 2.05) is 0 Å². The monoisotopic (exact) mass is 171 g/mol. The molecule has 2 atom stereocenters. The first-order valence-corrected chi connectivity index (χ1v) is 5.16. The Bertz CT molecular complexity index is 127. The minimum atomic E-state index is 0.341. The third-order valence-corrected chi connectivity index (χ3v) is 2.91. The van der Waals surface area contributed by atoms with Gasteiger partial charge in [0.2, 0.25) is 0 Å². The van der Waals surface area contributed by atoms with E-state index in [1.165, 1.54) is 32.2 Å². The van der Waals surface area contributed by atoms with E-state index in [9.17, 15) is 0 Å². The van der Waals surface area contributed by atoms with Crippen LogP contribution in [0.3, 0.4) is 0 Å². The van der Waals surface area contributed by atoms with E-state index < -0.39 is 0 Å². The molecule has 1 fully saturated rings. The van der Waals surface area contributed by atoms with Crippen LogP contribution in [0.25, 0.3) is 0 Å². The minimum Gasteiger partial charge on any atom is -0.395 e. The van der Waals surface area contributed by atoms with Gasteiger partial charge in [0.05, 0.1) is 6.61 Å². The lowest BCUT2D eigenvalue weighted by molar-refractivity contribution is 0.121. The summed E-state index contributed by atoms with van der Waals surface area (Å²) in [7, 11) is 0. The van der Waals surface area contributed by atoms with E-state index in [2.05, 4.69) is 18.7 Å². The predicted molar refractivity (Wildman–Crippen MR) is 51.2 cm³/mol. The third kappa shape index (κ3) is 2.20.